The fraction of sp³-hybridized carbons (Fsp3) is 0.250. The topological polar surface area (TPSA) is 99.1 Å². The maximum absolute atomic E-state index is 13.0. The summed E-state index contributed by atoms with van der Waals surface area (Å²) in [4.78, 5) is 37.7. The molecule has 0 radical (unpaired) electrons. The molecule has 2 aromatic rings. The van der Waals surface area contributed by atoms with Crippen molar-refractivity contribution in [3.05, 3.63) is 58.1 Å². The molecule has 1 N–H and O–H groups in total. The van der Waals surface area contributed by atoms with E-state index in [1.165, 1.54) is 32.2 Å². The Kier molecular flexibility index (Phi) is 6.18. The third-order valence-corrected chi connectivity index (χ3v) is 3.96. The van der Waals surface area contributed by atoms with Crippen LogP contribution in [0.15, 0.2) is 30.3 Å². The van der Waals surface area contributed by atoms with Crippen molar-refractivity contribution < 1.29 is 33.7 Å². The molecule has 142 valence electrons. The molecule has 2 aromatic carbocycles. The van der Waals surface area contributed by atoms with Crippen LogP contribution in [0.1, 0.15) is 49.1 Å². The van der Waals surface area contributed by atoms with Gasteiger partial charge in [0.25, 0.3) is 0 Å². The molecule has 0 amide bonds. The predicted molar refractivity (Wildman–Crippen MR) is 96.6 cm³/mol. The predicted octanol–water partition coefficient (Wildman–Crippen LogP) is 2.90. The zero-order valence-electron chi connectivity index (χ0n) is 15.5. The molecular formula is C20H20O7. The Morgan fingerprint density at radius 2 is 1.63 bits per heavy atom. The molecule has 7 nitrogen and oxygen atoms in total. The molecule has 0 aliphatic rings. The minimum atomic E-state index is -0.942. The molecular weight excluding hydrogens is 352 g/mol. The van der Waals surface area contributed by atoms with E-state index in [9.17, 15) is 19.5 Å². The molecule has 2 rings (SSSR count). The molecule has 27 heavy (non-hydrogen) atoms. The average molecular weight is 372 g/mol. The second-order valence-electron chi connectivity index (χ2n) is 5.61. The van der Waals surface area contributed by atoms with Crippen LogP contribution in [-0.4, -0.2) is 43.7 Å². The SMILES string of the molecule is CCOC(=O)c1c(C(=O)c2ccc(OC)cc2)cc(C)c(O)c1C(=O)OC. The summed E-state index contributed by atoms with van der Waals surface area (Å²) in [7, 11) is 2.62. The Bertz CT molecular complexity index is 882. The van der Waals surface area contributed by atoms with Crippen LogP contribution < -0.4 is 4.74 Å². The van der Waals surface area contributed by atoms with Gasteiger partial charge in [-0.2, -0.15) is 0 Å². The summed E-state index contributed by atoms with van der Waals surface area (Å²) in [5, 5.41) is 10.3. The van der Waals surface area contributed by atoms with Gasteiger partial charge >= 0.3 is 11.9 Å². The summed E-state index contributed by atoms with van der Waals surface area (Å²) >= 11 is 0. The van der Waals surface area contributed by atoms with Gasteiger partial charge in [-0.05, 0) is 49.7 Å². The summed E-state index contributed by atoms with van der Waals surface area (Å²) in [6.07, 6.45) is 0. The van der Waals surface area contributed by atoms with E-state index in [-0.39, 0.29) is 28.9 Å². The van der Waals surface area contributed by atoms with E-state index < -0.39 is 29.0 Å². The smallest absolute Gasteiger partial charge is 0.342 e. The monoisotopic (exact) mass is 372 g/mol. The van der Waals surface area contributed by atoms with Crippen LogP contribution in [0.5, 0.6) is 11.5 Å². The molecule has 0 spiro atoms. The number of phenols is 1. The molecule has 0 aliphatic carbocycles. The van der Waals surface area contributed by atoms with Crippen molar-refractivity contribution in [3.63, 3.8) is 0 Å². The number of benzene rings is 2. The largest absolute Gasteiger partial charge is 0.507 e. The van der Waals surface area contributed by atoms with Crippen LogP contribution in [0.2, 0.25) is 0 Å². The molecule has 7 heteroatoms. The normalized spacial score (nSPS) is 10.2. The molecule has 0 aromatic heterocycles. The van der Waals surface area contributed by atoms with Gasteiger partial charge in [-0.15, -0.1) is 0 Å². The summed E-state index contributed by atoms with van der Waals surface area (Å²) in [5.74, 6) is -2.22. The van der Waals surface area contributed by atoms with Gasteiger partial charge in [-0.25, -0.2) is 9.59 Å². The zero-order valence-corrected chi connectivity index (χ0v) is 15.5. The van der Waals surface area contributed by atoms with E-state index >= 15 is 0 Å². The van der Waals surface area contributed by atoms with Crippen LogP contribution in [0.4, 0.5) is 0 Å². The van der Waals surface area contributed by atoms with E-state index in [0.717, 1.165) is 7.11 Å². The Morgan fingerprint density at radius 1 is 1.00 bits per heavy atom. The van der Waals surface area contributed by atoms with Gasteiger partial charge in [0.2, 0.25) is 0 Å². The molecule has 0 saturated heterocycles. The molecule has 0 atom stereocenters. The lowest BCUT2D eigenvalue weighted by atomic mass is 9.91. The number of esters is 2. The number of methoxy groups -OCH3 is 2. The van der Waals surface area contributed by atoms with E-state index in [2.05, 4.69) is 4.74 Å². The minimum absolute atomic E-state index is 0.0320. The summed E-state index contributed by atoms with van der Waals surface area (Å²) in [6, 6.07) is 7.63. The first-order valence-corrected chi connectivity index (χ1v) is 8.16. The number of hydrogen-bond donors (Lipinski definition) is 1. The number of aryl methyl sites for hydroxylation is 1. The number of carbonyl (C=O) groups is 3. The number of carbonyl (C=O) groups excluding carboxylic acids is 3. The third kappa shape index (κ3) is 3.92. The highest BCUT2D eigenvalue weighted by Gasteiger charge is 2.31. The highest BCUT2D eigenvalue weighted by Crippen LogP contribution is 2.32. The van der Waals surface area contributed by atoms with Crippen molar-refractivity contribution in [2.75, 3.05) is 20.8 Å². The standard InChI is InChI=1S/C20H20O7/c1-5-27-20(24)15-14(10-11(2)17(21)16(15)19(23)26-4)18(22)12-6-8-13(25-3)9-7-12/h6-10,21H,5H2,1-4H3. The second kappa shape index (κ2) is 8.35. The maximum Gasteiger partial charge on any atom is 0.342 e. The average Bonchev–Trinajstić information content (AvgIpc) is 2.68. The Morgan fingerprint density at radius 3 is 2.15 bits per heavy atom. The highest BCUT2D eigenvalue weighted by atomic mass is 16.5. The summed E-state index contributed by atoms with van der Waals surface area (Å²) in [6.45, 7) is 3.14. The molecule has 0 unspecified atom stereocenters. The highest BCUT2D eigenvalue weighted by molar-refractivity contribution is 6.18. The fourth-order valence-corrected chi connectivity index (χ4v) is 2.60. The second-order valence-corrected chi connectivity index (χ2v) is 5.61. The fourth-order valence-electron chi connectivity index (χ4n) is 2.60. The number of ketones is 1. The van der Waals surface area contributed by atoms with Crippen molar-refractivity contribution in [1.29, 1.82) is 0 Å². The molecule has 0 fully saturated rings. The Labute approximate surface area is 156 Å². The van der Waals surface area contributed by atoms with Gasteiger partial charge in [-0.3, -0.25) is 4.79 Å². The summed E-state index contributed by atoms with van der Waals surface area (Å²) in [5.41, 5.74) is -0.252. The van der Waals surface area contributed by atoms with E-state index in [1.807, 2.05) is 0 Å². The number of ether oxygens (including phenoxy) is 3. The van der Waals surface area contributed by atoms with Gasteiger partial charge in [0, 0.05) is 11.1 Å². The number of aromatic hydroxyl groups is 1. The van der Waals surface area contributed by atoms with Gasteiger partial charge in [0.1, 0.15) is 17.1 Å². The Balaban J connectivity index is 2.72. The van der Waals surface area contributed by atoms with Crippen LogP contribution in [0.3, 0.4) is 0 Å². The third-order valence-electron chi connectivity index (χ3n) is 3.96. The van der Waals surface area contributed by atoms with E-state index in [0.29, 0.717) is 5.75 Å². The quantitative estimate of drug-likeness (QED) is 0.615. The van der Waals surface area contributed by atoms with Crippen molar-refractivity contribution in [1.82, 2.24) is 0 Å². The van der Waals surface area contributed by atoms with Gasteiger partial charge in [-0.1, -0.05) is 0 Å². The maximum atomic E-state index is 13.0. The van der Waals surface area contributed by atoms with Crippen LogP contribution in [0.25, 0.3) is 0 Å². The summed E-state index contributed by atoms with van der Waals surface area (Å²) < 4.78 is 14.7. The van der Waals surface area contributed by atoms with Crippen molar-refractivity contribution in [2.24, 2.45) is 0 Å². The lowest BCUT2D eigenvalue weighted by molar-refractivity contribution is 0.0499. The van der Waals surface area contributed by atoms with Gasteiger partial charge in [0.05, 0.1) is 26.4 Å². The number of phenolic OH excluding ortho intramolecular Hbond substituents is 1. The Hall–Kier alpha value is -3.35. The molecule has 0 aliphatic heterocycles. The van der Waals surface area contributed by atoms with Crippen LogP contribution in [-0.2, 0) is 9.47 Å². The van der Waals surface area contributed by atoms with Gasteiger partial charge in [0.15, 0.2) is 5.78 Å². The first-order chi connectivity index (χ1) is 12.8. The van der Waals surface area contributed by atoms with Crippen molar-refractivity contribution >= 4 is 17.7 Å². The molecule has 0 heterocycles. The van der Waals surface area contributed by atoms with Crippen LogP contribution >= 0.6 is 0 Å². The van der Waals surface area contributed by atoms with E-state index in [1.54, 1.807) is 19.1 Å². The van der Waals surface area contributed by atoms with Crippen molar-refractivity contribution in [3.8, 4) is 11.5 Å². The first-order valence-electron chi connectivity index (χ1n) is 8.16. The zero-order chi connectivity index (χ0) is 20.1. The molecule has 0 saturated carbocycles. The minimum Gasteiger partial charge on any atom is -0.507 e. The molecule has 0 bridgehead atoms. The van der Waals surface area contributed by atoms with Crippen LogP contribution in [0, 0.1) is 6.92 Å². The lowest BCUT2D eigenvalue weighted by Crippen LogP contribution is -2.19. The number of hydrogen-bond acceptors (Lipinski definition) is 7. The van der Waals surface area contributed by atoms with Gasteiger partial charge < -0.3 is 19.3 Å². The number of rotatable bonds is 6. The lowest BCUT2D eigenvalue weighted by Gasteiger charge is -2.15. The van der Waals surface area contributed by atoms with E-state index in [4.69, 9.17) is 9.47 Å². The first kappa shape index (κ1) is 20.0. The van der Waals surface area contributed by atoms with Crippen molar-refractivity contribution in [2.45, 2.75) is 13.8 Å².